The van der Waals surface area contributed by atoms with E-state index >= 15 is 0 Å². The third-order valence-electron chi connectivity index (χ3n) is 7.33. The molecule has 4 rings (SSSR count). The number of anilines is 3. The van der Waals surface area contributed by atoms with Crippen molar-refractivity contribution in [2.75, 3.05) is 29.1 Å². The van der Waals surface area contributed by atoms with Crippen molar-refractivity contribution in [2.45, 2.75) is 39.8 Å². The number of pyridine rings is 1. The lowest BCUT2D eigenvalue weighted by Crippen LogP contribution is -2.51. The molecule has 1 aliphatic heterocycles. The molecular formula is C30H34N6O3. The molecular weight excluding hydrogens is 492 g/mol. The minimum atomic E-state index is -1.29. The molecule has 0 aliphatic carbocycles. The number of carbonyl (C=O) groups is 3. The Hall–Kier alpha value is -4.53. The number of nitrogens with zero attached hydrogens (tertiary/aromatic N) is 3. The highest BCUT2D eigenvalue weighted by atomic mass is 16.2. The van der Waals surface area contributed by atoms with Crippen molar-refractivity contribution in [3.05, 3.63) is 84.2 Å². The van der Waals surface area contributed by atoms with Gasteiger partial charge in [-0.1, -0.05) is 51.1 Å². The number of benzodiazepines with no additional fused rings is 1. The molecule has 1 atom stereocenters. The normalized spacial score (nSPS) is 15.1. The number of hydrogen-bond donors (Lipinski definition) is 3. The topological polar surface area (TPSA) is 116 Å². The third-order valence-corrected chi connectivity index (χ3v) is 7.33. The van der Waals surface area contributed by atoms with Gasteiger partial charge in [-0.3, -0.25) is 14.6 Å². The van der Waals surface area contributed by atoms with Gasteiger partial charge in [0.05, 0.1) is 23.6 Å². The first-order valence-corrected chi connectivity index (χ1v) is 13.1. The summed E-state index contributed by atoms with van der Waals surface area (Å²) in [7, 11) is 1.78. The summed E-state index contributed by atoms with van der Waals surface area (Å²) in [5, 5.41) is 8.50. The van der Waals surface area contributed by atoms with Crippen LogP contribution in [0, 0.1) is 5.41 Å². The number of aliphatic imine (C=N–C) groups is 1. The average Bonchev–Trinajstić information content (AvgIpc) is 3.08. The molecule has 3 aromatic rings. The molecule has 9 heteroatoms. The zero-order chi connectivity index (χ0) is 28.0. The van der Waals surface area contributed by atoms with Gasteiger partial charge < -0.3 is 20.9 Å². The monoisotopic (exact) mass is 526 g/mol. The zero-order valence-electron chi connectivity index (χ0n) is 22.7. The number of fused-ring (bicyclic) bond motifs is 1. The summed E-state index contributed by atoms with van der Waals surface area (Å²) in [6.07, 6.45) is 1.66. The molecule has 202 valence electrons. The Bertz CT molecular complexity index is 1380. The second kappa shape index (κ2) is 11.9. The second-order valence-electron chi connectivity index (χ2n) is 9.66. The Morgan fingerprint density at radius 3 is 2.38 bits per heavy atom. The van der Waals surface area contributed by atoms with Crippen LogP contribution in [0.2, 0.25) is 0 Å². The minimum absolute atomic E-state index is 0.0518. The minimum Gasteiger partial charge on any atom is -0.388 e. The first-order valence-electron chi connectivity index (χ1n) is 13.1. The summed E-state index contributed by atoms with van der Waals surface area (Å²) in [5.41, 5.74) is 2.98. The average molecular weight is 527 g/mol. The summed E-state index contributed by atoms with van der Waals surface area (Å²) in [4.78, 5) is 51.2. The molecule has 0 saturated heterocycles. The number of nitrogens with one attached hydrogen (secondary N) is 3. The van der Waals surface area contributed by atoms with E-state index in [2.05, 4.69) is 20.9 Å². The smallest absolute Gasteiger partial charge is 0.321 e. The maximum atomic E-state index is 14.0. The fourth-order valence-electron chi connectivity index (χ4n) is 4.42. The molecule has 0 saturated carbocycles. The Labute approximate surface area is 228 Å². The number of Topliss-reactive ketones (excluding diaryl/α,β-unsaturated/α-hetero) is 1. The molecule has 1 aromatic heterocycles. The maximum Gasteiger partial charge on any atom is 0.321 e. The van der Waals surface area contributed by atoms with Crippen LogP contribution < -0.4 is 20.9 Å². The van der Waals surface area contributed by atoms with Crippen molar-refractivity contribution >= 4 is 40.5 Å². The van der Waals surface area contributed by atoms with Gasteiger partial charge in [-0.05, 0) is 49.2 Å². The van der Waals surface area contributed by atoms with Gasteiger partial charge in [0.2, 0.25) is 6.17 Å². The quantitative estimate of drug-likeness (QED) is 0.369. The van der Waals surface area contributed by atoms with E-state index in [1.165, 1.54) is 4.90 Å². The molecule has 0 radical (unpaired) electrons. The van der Waals surface area contributed by atoms with E-state index in [1.807, 2.05) is 51.1 Å². The number of urea groups is 1. The van der Waals surface area contributed by atoms with Gasteiger partial charge in [0.15, 0.2) is 5.78 Å². The first kappa shape index (κ1) is 27.5. The van der Waals surface area contributed by atoms with E-state index in [9.17, 15) is 14.4 Å². The lowest BCUT2D eigenvalue weighted by atomic mass is 9.80. The predicted molar refractivity (Wildman–Crippen MR) is 154 cm³/mol. The number of carbonyl (C=O) groups excluding carboxylic acids is 3. The molecule has 0 fully saturated rings. The highest BCUT2D eigenvalue weighted by Gasteiger charge is 2.37. The van der Waals surface area contributed by atoms with Crippen molar-refractivity contribution in [3.8, 4) is 0 Å². The van der Waals surface area contributed by atoms with Gasteiger partial charge in [-0.2, -0.15) is 0 Å². The molecule has 3 amide bonds. The van der Waals surface area contributed by atoms with Crippen LogP contribution in [0.3, 0.4) is 0 Å². The highest BCUT2D eigenvalue weighted by molar-refractivity contribution is 6.20. The molecule has 0 bridgehead atoms. The molecule has 39 heavy (non-hydrogen) atoms. The number of amides is 3. The number of benzene rings is 2. The largest absolute Gasteiger partial charge is 0.388 e. The van der Waals surface area contributed by atoms with E-state index in [-0.39, 0.29) is 12.3 Å². The highest BCUT2D eigenvalue weighted by Crippen LogP contribution is 2.31. The van der Waals surface area contributed by atoms with Crippen molar-refractivity contribution in [1.29, 1.82) is 0 Å². The maximum absolute atomic E-state index is 14.0. The van der Waals surface area contributed by atoms with E-state index in [0.29, 0.717) is 41.2 Å². The van der Waals surface area contributed by atoms with Gasteiger partial charge >= 0.3 is 6.03 Å². The molecule has 0 spiro atoms. The van der Waals surface area contributed by atoms with Crippen LogP contribution in [0.15, 0.2) is 77.9 Å². The standard InChI is InChI=1S/C30H34N6O3/c1-5-30(3,6-2)25(37)19-36-24-16-8-7-14-22(24)26(23-15-9-10-17-32-23)34-27(28(36)38)35-29(39)33-21-13-11-12-20(18-21)31-4/h7-18,27,31H,5-6,19H2,1-4H3,(H2,33,35,39)/t27-/m0/s1. The Morgan fingerprint density at radius 1 is 0.974 bits per heavy atom. The van der Waals surface area contributed by atoms with Crippen LogP contribution in [0.25, 0.3) is 0 Å². The summed E-state index contributed by atoms with van der Waals surface area (Å²) in [6.45, 7) is 5.73. The summed E-state index contributed by atoms with van der Waals surface area (Å²) in [6, 6.07) is 19.3. The summed E-state index contributed by atoms with van der Waals surface area (Å²) in [5.74, 6) is -0.556. The van der Waals surface area contributed by atoms with E-state index in [1.54, 1.807) is 49.6 Å². The van der Waals surface area contributed by atoms with Crippen LogP contribution in [0.1, 0.15) is 44.9 Å². The molecule has 2 heterocycles. The van der Waals surface area contributed by atoms with E-state index < -0.39 is 23.5 Å². The fraction of sp³-hybridized carbons (Fsp3) is 0.300. The molecule has 9 nitrogen and oxygen atoms in total. The van der Waals surface area contributed by atoms with Crippen molar-refractivity contribution in [1.82, 2.24) is 10.3 Å². The van der Waals surface area contributed by atoms with Crippen LogP contribution >= 0.6 is 0 Å². The predicted octanol–water partition coefficient (Wildman–Crippen LogP) is 4.85. The Morgan fingerprint density at radius 2 is 1.69 bits per heavy atom. The summed E-state index contributed by atoms with van der Waals surface area (Å²) >= 11 is 0. The third kappa shape index (κ3) is 5.98. The second-order valence-corrected chi connectivity index (χ2v) is 9.66. The van der Waals surface area contributed by atoms with Crippen molar-refractivity contribution < 1.29 is 14.4 Å². The van der Waals surface area contributed by atoms with Gasteiger partial charge in [0.25, 0.3) is 5.91 Å². The van der Waals surface area contributed by atoms with Crippen molar-refractivity contribution in [2.24, 2.45) is 10.4 Å². The van der Waals surface area contributed by atoms with Crippen LogP contribution in [0.4, 0.5) is 21.9 Å². The lowest BCUT2D eigenvalue weighted by molar-refractivity contribution is -0.129. The van der Waals surface area contributed by atoms with Crippen LogP contribution in [-0.4, -0.2) is 48.2 Å². The number of aromatic nitrogens is 1. The number of hydrogen-bond acceptors (Lipinski definition) is 6. The zero-order valence-corrected chi connectivity index (χ0v) is 22.7. The van der Waals surface area contributed by atoms with Crippen LogP contribution in [-0.2, 0) is 9.59 Å². The Kier molecular flexibility index (Phi) is 8.39. The van der Waals surface area contributed by atoms with Gasteiger partial charge in [0.1, 0.15) is 0 Å². The molecule has 2 aromatic carbocycles. The SMILES string of the molecule is CCC(C)(CC)C(=O)CN1C(=O)[C@H](NC(=O)Nc2cccc(NC)c2)N=C(c2ccccn2)c2ccccc21. The van der Waals surface area contributed by atoms with Gasteiger partial charge in [0, 0.05) is 35.6 Å². The number of para-hydroxylation sites is 1. The van der Waals surface area contributed by atoms with Crippen LogP contribution in [0.5, 0.6) is 0 Å². The van der Waals surface area contributed by atoms with Gasteiger partial charge in [-0.25, -0.2) is 9.79 Å². The molecule has 1 aliphatic rings. The molecule has 0 unspecified atom stereocenters. The lowest BCUT2D eigenvalue weighted by Gasteiger charge is -2.30. The first-order chi connectivity index (χ1) is 18.8. The van der Waals surface area contributed by atoms with Crippen molar-refractivity contribution in [3.63, 3.8) is 0 Å². The fourth-order valence-corrected chi connectivity index (χ4v) is 4.42. The summed E-state index contributed by atoms with van der Waals surface area (Å²) < 4.78 is 0. The van der Waals surface area contributed by atoms with E-state index in [0.717, 1.165) is 5.69 Å². The number of ketones is 1. The van der Waals surface area contributed by atoms with E-state index in [4.69, 9.17) is 4.99 Å². The molecule has 3 N–H and O–H groups in total. The van der Waals surface area contributed by atoms with Gasteiger partial charge in [-0.15, -0.1) is 0 Å². The Balaban J connectivity index is 1.74. The number of rotatable bonds is 9.